The second kappa shape index (κ2) is 8.16. The van der Waals surface area contributed by atoms with Crippen LogP contribution in [0, 0.1) is 5.82 Å². The largest absolute Gasteiger partial charge is 0.327 e. The van der Waals surface area contributed by atoms with E-state index in [1.807, 2.05) is 0 Å². The lowest BCUT2D eigenvalue weighted by atomic mass is 10.1. The molecule has 5 nitrogen and oxygen atoms in total. The van der Waals surface area contributed by atoms with E-state index in [4.69, 9.17) is 23.2 Å². The molecule has 0 fully saturated rings. The van der Waals surface area contributed by atoms with Gasteiger partial charge in [0.15, 0.2) is 0 Å². The smallest absolute Gasteiger partial charge is 0.292 e. The van der Waals surface area contributed by atoms with Crippen LogP contribution in [-0.2, 0) is 0 Å². The summed E-state index contributed by atoms with van der Waals surface area (Å²) in [5.74, 6) is -0.858. The van der Waals surface area contributed by atoms with Crippen molar-refractivity contribution in [2.75, 3.05) is 5.32 Å². The highest BCUT2D eigenvalue weighted by Crippen LogP contribution is 2.27. The molecular formula is C19H12Cl2FN3O2. The van der Waals surface area contributed by atoms with Crippen molar-refractivity contribution in [3.05, 3.63) is 82.2 Å². The van der Waals surface area contributed by atoms with Gasteiger partial charge in [-0.05, 0) is 42.0 Å². The van der Waals surface area contributed by atoms with Crippen LogP contribution in [-0.4, -0.2) is 16.9 Å². The second-order valence-electron chi connectivity index (χ2n) is 5.43. The van der Waals surface area contributed by atoms with Gasteiger partial charge in [0.2, 0.25) is 0 Å². The number of imide groups is 1. The Morgan fingerprint density at radius 3 is 2.30 bits per heavy atom. The standard InChI is InChI=1S/C19H12Cl2FN3O2/c20-15-4-2-1-3-14(15)18(26)25-19(27)24-16-10-9-13(17(21)23-16)11-5-7-12(22)8-6-11/h1-10H,(H2,23,24,25,26,27). The summed E-state index contributed by atoms with van der Waals surface area (Å²) >= 11 is 12.1. The number of carbonyl (C=O) groups is 2. The fourth-order valence-electron chi connectivity index (χ4n) is 2.31. The topological polar surface area (TPSA) is 71.1 Å². The number of halogens is 3. The number of rotatable bonds is 3. The lowest BCUT2D eigenvalue weighted by Crippen LogP contribution is -2.34. The number of nitrogens with one attached hydrogen (secondary N) is 2. The molecule has 0 aliphatic rings. The molecule has 3 amide bonds. The molecule has 136 valence electrons. The quantitative estimate of drug-likeness (QED) is 0.593. The van der Waals surface area contributed by atoms with E-state index in [1.54, 1.807) is 36.4 Å². The lowest BCUT2D eigenvalue weighted by Gasteiger charge is -2.09. The zero-order valence-electron chi connectivity index (χ0n) is 13.7. The number of hydrogen-bond acceptors (Lipinski definition) is 3. The van der Waals surface area contributed by atoms with Crippen LogP contribution in [0.2, 0.25) is 10.2 Å². The summed E-state index contributed by atoms with van der Waals surface area (Å²) in [7, 11) is 0. The normalized spacial score (nSPS) is 10.3. The van der Waals surface area contributed by atoms with Gasteiger partial charge in [-0.3, -0.25) is 15.4 Å². The maximum Gasteiger partial charge on any atom is 0.327 e. The summed E-state index contributed by atoms with van der Waals surface area (Å²) in [6, 6.07) is 14.5. The van der Waals surface area contributed by atoms with E-state index in [-0.39, 0.29) is 27.4 Å². The number of aromatic nitrogens is 1. The molecule has 2 N–H and O–H groups in total. The minimum absolute atomic E-state index is 0.122. The molecule has 0 saturated heterocycles. The van der Waals surface area contributed by atoms with Crippen molar-refractivity contribution in [2.24, 2.45) is 0 Å². The van der Waals surface area contributed by atoms with Crippen LogP contribution in [0.4, 0.5) is 15.0 Å². The monoisotopic (exact) mass is 403 g/mol. The van der Waals surface area contributed by atoms with Crippen LogP contribution in [0.15, 0.2) is 60.7 Å². The summed E-state index contributed by atoms with van der Waals surface area (Å²) in [4.78, 5) is 28.1. The van der Waals surface area contributed by atoms with Crippen molar-refractivity contribution in [1.29, 1.82) is 0 Å². The van der Waals surface area contributed by atoms with Crippen molar-refractivity contribution < 1.29 is 14.0 Å². The number of hydrogen-bond donors (Lipinski definition) is 2. The minimum Gasteiger partial charge on any atom is -0.292 e. The molecule has 0 unspecified atom stereocenters. The first-order valence-corrected chi connectivity index (χ1v) is 8.49. The van der Waals surface area contributed by atoms with Crippen molar-refractivity contribution in [2.45, 2.75) is 0 Å². The highest BCUT2D eigenvalue weighted by atomic mass is 35.5. The van der Waals surface area contributed by atoms with Crippen LogP contribution in [0.3, 0.4) is 0 Å². The third-order valence-corrected chi connectivity index (χ3v) is 4.21. The molecule has 0 radical (unpaired) electrons. The molecule has 3 aromatic rings. The zero-order chi connectivity index (χ0) is 19.4. The van der Waals surface area contributed by atoms with E-state index in [2.05, 4.69) is 15.6 Å². The molecule has 0 bridgehead atoms. The molecule has 0 aliphatic carbocycles. The van der Waals surface area contributed by atoms with E-state index >= 15 is 0 Å². The van der Waals surface area contributed by atoms with Crippen molar-refractivity contribution >= 4 is 41.0 Å². The molecule has 1 heterocycles. The van der Waals surface area contributed by atoms with Gasteiger partial charge in [-0.2, -0.15) is 0 Å². The van der Waals surface area contributed by atoms with Gasteiger partial charge in [0, 0.05) is 5.56 Å². The predicted octanol–water partition coefficient (Wildman–Crippen LogP) is 5.16. The molecule has 0 saturated carbocycles. The van der Waals surface area contributed by atoms with Crippen LogP contribution in [0.5, 0.6) is 0 Å². The third-order valence-electron chi connectivity index (χ3n) is 3.59. The summed E-state index contributed by atoms with van der Waals surface area (Å²) in [5, 5.41) is 4.93. The van der Waals surface area contributed by atoms with Gasteiger partial charge in [0.1, 0.15) is 16.8 Å². The highest BCUT2D eigenvalue weighted by molar-refractivity contribution is 6.34. The fraction of sp³-hybridized carbons (Fsp3) is 0. The molecule has 0 atom stereocenters. The van der Waals surface area contributed by atoms with E-state index in [0.29, 0.717) is 11.1 Å². The number of urea groups is 1. The third kappa shape index (κ3) is 4.61. The van der Waals surface area contributed by atoms with Crippen molar-refractivity contribution in [1.82, 2.24) is 10.3 Å². The molecule has 8 heteroatoms. The number of benzene rings is 2. The first-order chi connectivity index (χ1) is 12.9. The van der Waals surface area contributed by atoms with Gasteiger partial charge >= 0.3 is 6.03 Å². The van der Waals surface area contributed by atoms with Crippen LogP contribution in [0.1, 0.15) is 10.4 Å². The Balaban J connectivity index is 1.69. The van der Waals surface area contributed by atoms with Crippen LogP contribution in [0.25, 0.3) is 11.1 Å². The average Bonchev–Trinajstić information content (AvgIpc) is 2.63. The SMILES string of the molecule is O=C(NC(=O)c1ccccc1Cl)Nc1ccc(-c2ccc(F)cc2)c(Cl)n1. The molecule has 27 heavy (non-hydrogen) atoms. The number of nitrogens with zero attached hydrogens (tertiary/aromatic N) is 1. The molecule has 2 aromatic carbocycles. The molecular weight excluding hydrogens is 392 g/mol. The Kier molecular flexibility index (Phi) is 5.69. The summed E-state index contributed by atoms with van der Waals surface area (Å²) in [5.41, 5.74) is 1.43. The van der Waals surface area contributed by atoms with Crippen LogP contribution >= 0.6 is 23.2 Å². The molecule has 1 aromatic heterocycles. The van der Waals surface area contributed by atoms with E-state index in [1.165, 1.54) is 24.3 Å². The van der Waals surface area contributed by atoms with E-state index in [0.717, 1.165) is 0 Å². The van der Waals surface area contributed by atoms with Gasteiger partial charge < -0.3 is 0 Å². The number of pyridine rings is 1. The Bertz CT molecular complexity index is 1010. The Labute approximate surface area is 164 Å². The minimum atomic E-state index is -0.780. The maximum absolute atomic E-state index is 13.0. The number of carbonyl (C=O) groups excluding carboxylic acids is 2. The van der Waals surface area contributed by atoms with E-state index < -0.39 is 11.9 Å². The predicted molar refractivity (Wildman–Crippen MR) is 103 cm³/mol. The second-order valence-corrected chi connectivity index (χ2v) is 6.20. The maximum atomic E-state index is 13.0. The van der Waals surface area contributed by atoms with Gasteiger partial charge in [0.05, 0.1) is 10.6 Å². The molecule has 3 rings (SSSR count). The average molecular weight is 404 g/mol. The molecule has 0 spiro atoms. The van der Waals surface area contributed by atoms with Gasteiger partial charge in [0.25, 0.3) is 5.91 Å². The van der Waals surface area contributed by atoms with Crippen molar-refractivity contribution in [3.63, 3.8) is 0 Å². The zero-order valence-corrected chi connectivity index (χ0v) is 15.2. The summed E-state index contributed by atoms with van der Waals surface area (Å²) in [6.07, 6.45) is 0. The first kappa shape index (κ1) is 18.8. The lowest BCUT2D eigenvalue weighted by molar-refractivity contribution is 0.0967. The van der Waals surface area contributed by atoms with Crippen LogP contribution < -0.4 is 10.6 Å². The highest BCUT2D eigenvalue weighted by Gasteiger charge is 2.14. The van der Waals surface area contributed by atoms with Crippen molar-refractivity contribution in [3.8, 4) is 11.1 Å². The fourth-order valence-corrected chi connectivity index (χ4v) is 2.80. The van der Waals surface area contributed by atoms with Gasteiger partial charge in [-0.1, -0.05) is 47.5 Å². The summed E-state index contributed by atoms with van der Waals surface area (Å²) in [6.45, 7) is 0. The number of anilines is 1. The van der Waals surface area contributed by atoms with Gasteiger partial charge in [-0.25, -0.2) is 14.2 Å². The summed E-state index contributed by atoms with van der Waals surface area (Å²) < 4.78 is 13.0. The van der Waals surface area contributed by atoms with Gasteiger partial charge in [-0.15, -0.1) is 0 Å². The van der Waals surface area contributed by atoms with E-state index in [9.17, 15) is 14.0 Å². The first-order valence-electron chi connectivity index (χ1n) is 7.73. The Hall–Kier alpha value is -2.96. The molecule has 0 aliphatic heterocycles. The Morgan fingerprint density at radius 2 is 1.63 bits per heavy atom. The Morgan fingerprint density at radius 1 is 0.926 bits per heavy atom. The number of amides is 3.